The number of hydrogen-bond donors (Lipinski definition) is 3. The molecule has 2 heterocycles. The number of aryl methyl sites for hydroxylation is 1. The first-order valence-corrected chi connectivity index (χ1v) is 12.6. The molecule has 0 unspecified atom stereocenters. The van der Waals surface area contributed by atoms with Gasteiger partial charge in [0.25, 0.3) is 0 Å². The number of halogens is 1. The molecule has 3 N–H and O–H groups in total. The lowest BCUT2D eigenvalue weighted by Crippen LogP contribution is -2.49. The molecule has 0 radical (unpaired) electrons. The van der Waals surface area contributed by atoms with Crippen LogP contribution in [0.25, 0.3) is 6.08 Å². The van der Waals surface area contributed by atoms with Crippen LogP contribution in [0.3, 0.4) is 0 Å². The van der Waals surface area contributed by atoms with Crippen LogP contribution in [0.4, 0.5) is 0 Å². The Kier molecular flexibility index (Phi) is 11.1. The Morgan fingerprint density at radius 1 is 1.33 bits per heavy atom. The highest BCUT2D eigenvalue weighted by molar-refractivity contribution is 6.32. The highest BCUT2D eigenvalue weighted by atomic mass is 35.5. The van der Waals surface area contributed by atoms with Gasteiger partial charge >= 0.3 is 0 Å². The van der Waals surface area contributed by atoms with Crippen molar-refractivity contribution in [1.82, 2.24) is 10.3 Å². The molecule has 8 nitrogen and oxygen atoms in total. The number of aliphatic hydroxyl groups is 2. The molecule has 1 aromatic rings. The van der Waals surface area contributed by atoms with Crippen LogP contribution in [0, 0.1) is 18.3 Å². The van der Waals surface area contributed by atoms with Crippen LogP contribution < -0.4 is 5.32 Å². The lowest BCUT2D eigenvalue weighted by molar-refractivity contribution is -0.146. The van der Waals surface area contributed by atoms with Crippen LogP contribution in [-0.2, 0) is 14.3 Å². The molecule has 0 bridgehead atoms. The maximum atomic E-state index is 13.4. The van der Waals surface area contributed by atoms with Crippen molar-refractivity contribution in [2.24, 2.45) is 11.3 Å². The zero-order valence-corrected chi connectivity index (χ0v) is 22.5. The van der Waals surface area contributed by atoms with Gasteiger partial charge in [0.05, 0.1) is 48.7 Å². The molecule has 0 fully saturated rings. The molecule has 0 aliphatic carbocycles. The molecule has 1 aliphatic heterocycles. The van der Waals surface area contributed by atoms with Gasteiger partial charge in [0.1, 0.15) is 17.7 Å². The minimum atomic E-state index is -1.30. The summed E-state index contributed by atoms with van der Waals surface area (Å²) in [4.78, 5) is 30.6. The third-order valence-corrected chi connectivity index (χ3v) is 7.04. The number of amides is 1. The first-order chi connectivity index (χ1) is 16.9. The summed E-state index contributed by atoms with van der Waals surface area (Å²) < 4.78 is 11.1. The molecule has 1 aliphatic rings. The van der Waals surface area contributed by atoms with Gasteiger partial charge in [-0.25, -0.2) is 4.98 Å². The molecule has 5 atom stereocenters. The van der Waals surface area contributed by atoms with Gasteiger partial charge < -0.3 is 24.7 Å². The third kappa shape index (κ3) is 8.13. The molecule has 0 aromatic carbocycles. The van der Waals surface area contributed by atoms with Gasteiger partial charge in [0.15, 0.2) is 5.89 Å². The molecule has 0 saturated heterocycles. The van der Waals surface area contributed by atoms with Crippen molar-refractivity contribution in [3.05, 3.63) is 47.2 Å². The number of ether oxygens (including phenoxy) is 1. The largest absolute Gasteiger partial charge is 0.449 e. The summed E-state index contributed by atoms with van der Waals surface area (Å²) in [6, 6.07) is -0.569. The van der Waals surface area contributed by atoms with Crippen LogP contribution in [0.15, 0.2) is 40.0 Å². The van der Waals surface area contributed by atoms with Gasteiger partial charge in [0, 0.05) is 12.0 Å². The molecule has 36 heavy (non-hydrogen) atoms. The fourth-order valence-corrected chi connectivity index (χ4v) is 4.34. The minimum absolute atomic E-state index is 0.221. The van der Waals surface area contributed by atoms with E-state index in [0.717, 1.165) is 5.57 Å². The number of Topliss-reactive ketones (excluding diaryl/α,β-unsaturated/α-hetero) is 1. The van der Waals surface area contributed by atoms with Gasteiger partial charge in [-0.15, -0.1) is 6.58 Å². The number of ketones is 1. The van der Waals surface area contributed by atoms with E-state index in [1.54, 1.807) is 39.8 Å². The van der Waals surface area contributed by atoms with Gasteiger partial charge in [-0.05, 0) is 39.2 Å². The summed E-state index contributed by atoms with van der Waals surface area (Å²) in [5, 5.41) is 25.1. The summed E-state index contributed by atoms with van der Waals surface area (Å²) in [5.41, 5.74) is 0.248. The summed E-state index contributed by atoms with van der Waals surface area (Å²) in [6.45, 7) is 12.6. The highest BCUT2D eigenvalue weighted by Gasteiger charge is 2.43. The number of aliphatic hydroxyl groups excluding tert-OH is 2. The number of allylic oxidation sites excluding steroid dienone is 1. The number of hydrogen-bond acceptors (Lipinski definition) is 7. The van der Waals surface area contributed by atoms with Crippen LogP contribution in [-0.4, -0.2) is 57.8 Å². The molecule has 0 saturated carbocycles. The number of oxazole rings is 1. The van der Waals surface area contributed by atoms with E-state index in [1.807, 2.05) is 13.0 Å². The number of carbonyl (C=O) groups is 2. The van der Waals surface area contributed by atoms with Gasteiger partial charge in [-0.3, -0.25) is 9.59 Å². The normalized spacial score (nSPS) is 30.8. The maximum Gasteiger partial charge on any atom is 0.223 e. The fraction of sp³-hybridized carbons (Fsp3) is 0.593. The second-order valence-corrected chi connectivity index (χ2v) is 10.4. The third-order valence-electron chi connectivity index (χ3n) is 6.67. The van der Waals surface area contributed by atoms with Crippen molar-refractivity contribution in [2.45, 2.75) is 84.7 Å². The quantitative estimate of drug-likeness (QED) is 0.509. The number of nitrogens with one attached hydrogen (secondary N) is 1. The van der Waals surface area contributed by atoms with Crippen molar-refractivity contribution in [1.29, 1.82) is 0 Å². The highest BCUT2D eigenvalue weighted by Crippen LogP contribution is 2.32. The minimum Gasteiger partial charge on any atom is -0.449 e. The molecular formula is C27H39ClN2O6. The molecule has 9 heteroatoms. The molecular weight excluding hydrogens is 484 g/mol. The zero-order valence-electron chi connectivity index (χ0n) is 21.8. The monoisotopic (exact) mass is 522 g/mol. The second-order valence-electron chi connectivity index (χ2n) is 9.98. The standard InChI is InChI=1S/C27H39ClN2O6/c1-7-8-20-25(33)17(3)35-12-11-16(2)9-10-22(21(28)13-19-15-36-18(4)29-19)30-24(32)14-23(31)27(5,6)26(20)34/h7,9,13,15,17,20,22-23,25,31,33H,1,8,10-12,14H2,2-6H3,(H,30,32)/b16-9-,21-13-/t17-,20-,22+,23+,25-/m1/s1. The maximum absolute atomic E-state index is 13.4. The van der Waals surface area contributed by atoms with Crippen molar-refractivity contribution >= 4 is 29.4 Å². The predicted octanol–water partition coefficient (Wildman–Crippen LogP) is 4.09. The Hall–Kier alpha value is -2.26. The average molecular weight is 523 g/mol. The summed E-state index contributed by atoms with van der Waals surface area (Å²) in [7, 11) is 0. The smallest absolute Gasteiger partial charge is 0.223 e. The van der Waals surface area contributed by atoms with Crippen LogP contribution in [0.5, 0.6) is 0 Å². The Morgan fingerprint density at radius 3 is 2.64 bits per heavy atom. The average Bonchev–Trinajstić information content (AvgIpc) is 3.22. The summed E-state index contributed by atoms with van der Waals surface area (Å²) >= 11 is 6.58. The van der Waals surface area contributed by atoms with E-state index in [-0.39, 0.29) is 18.6 Å². The predicted molar refractivity (Wildman–Crippen MR) is 139 cm³/mol. The van der Waals surface area contributed by atoms with E-state index >= 15 is 0 Å². The second kappa shape index (κ2) is 13.3. The lowest BCUT2D eigenvalue weighted by Gasteiger charge is -2.35. The molecule has 1 aromatic heterocycles. The van der Waals surface area contributed by atoms with Crippen molar-refractivity contribution < 1.29 is 29.0 Å². The topological polar surface area (TPSA) is 122 Å². The lowest BCUT2D eigenvalue weighted by atomic mass is 9.72. The van der Waals surface area contributed by atoms with Crippen LogP contribution in [0.2, 0.25) is 0 Å². The molecule has 1 amide bonds. The van der Waals surface area contributed by atoms with E-state index in [0.29, 0.717) is 36.1 Å². The zero-order chi connectivity index (χ0) is 27.0. The Bertz CT molecular complexity index is 983. The van der Waals surface area contributed by atoms with Crippen LogP contribution in [0.1, 0.15) is 65.0 Å². The van der Waals surface area contributed by atoms with E-state index in [9.17, 15) is 19.8 Å². The van der Waals surface area contributed by atoms with Crippen molar-refractivity contribution in [3.8, 4) is 0 Å². The Balaban J connectivity index is 2.37. The molecule has 0 spiro atoms. The van der Waals surface area contributed by atoms with Crippen LogP contribution >= 0.6 is 11.6 Å². The fourth-order valence-electron chi connectivity index (χ4n) is 4.09. The van der Waals surface area contributed by atoms with Gasteiger partial charge in [-0.1, -0.05) is 43.2 Å². The van der Waals surface area contributed by atoms with E-state index in [4.69, 9.17) is 20.8 Å². The summed E-state index contributed by atoms with van der Waals surface area (Å²) in [5.74, 6) is -1.14. The summed E-state index contributed by atoms with van der Waals surface area (Å²) in [6.07, 6.45) is 4.58. The van der Waals surface area contributed by atoms with E-state index in [1.165, 1.54) is 6.26 Å². The first-order valence-electron chi connectivity index (χ1n) is 12.2. The van der Waals surface area contributed by atoms with Gasteiger partial charge in [-0.2, -0.15) is 0 Å². The van der Waals surface area contributed by atoms with Gasteiger partial charge in [0.2, 0.25) is 5.91 Å². The Labute approximate surface area is 218 Å². The van der Waals surface area contributed by atoms with Crippen molar-refractivity contribution in [2.75, 3.05) is 6.61 Å². The molecule has 2 rings (SSSR count). The SMILES string of the molecule is C=CC[C@H]1C(=O)C(C)(C)[C@@H](O)CC(=O)N[C@H](/C(Cl)=C/c2coc(C)n2)C/C=C(/C)CCO[C@H](C)[C@H]1O. The van der Waals surface area contributed by atoms with E-state index in [2.05, 4.69) is 16.9 Å². The molecule has 200 valence electrons. The first kappa shape index (κ1) is 30.0. The van der Waals surface area contributed by atoms with E-state index < -0.39 is 41.6 Å². The number of nitrogens with zero attached hydrogens (tertiary/aromatic N) is 1. The number of aromatic nitrogens is 1. The number of rotatable bonds is 4. The number of carbonyl (C=O) groups excluding carboxylic acids is 2. The van der Waals surface area contributed by atoms with Crippen molar-refractivity contribution in [3.63, 3.8) is 0 Å². The Morgan fingerprint density at radius 2 is 2.03 bits per heavy atom.